The number of halogens is 2. The Labute approximate surface area is 151 Å². The van der Waals surface area contributed by atoms with E-state index in [0.29, 0.717) is 34.9 Å². The number of nitrogens with zero attached hydrogens (tertiary/aromatic N) is 1. The van der Waals surface area contributed by atoms with Crippen molar-refractivity contribution in [2.75, 3.05) is 29.8 Å². The van der Waals surface area contributed by atoms with Crippen molar-refractivity contribution in [2.45, 2.75) is 17.7 Å². The molecule has 5 nitrogen and oxygen atoms in total. The van der Waals surface area contributed by atoms with Crippen LogP contribution >= 0.6 is 22.9 Å². The molecule has 1 aliphatic heterocycles. The highest BCUT2D eigenvalue weighted by atomic mass is 35.5. The monoisotopic (exact) mass is 389 g/mol. The van der Waals surface area contributed by atoms with Gasteiger partial charge >= 0.3 is 0 Å². The summed E-state index contributed by atoms with van der Waals surface area (Å²) in [5, 5.41) is 5.69. The summed E-state index contributed by atoms with van der Waals surface area (Å²) in [6.45, 7) is 2.17. The number of thiazole rings is 1. The third kappa shape index (κ3) is 4.44. The molecule has 24 heavy (non-hydrogen) atoms. The molecule has 1 fully saturated rings. The van der Waals surface area contributed by atoms with Gasteiger partial charge < -0.3 is 10.1 Å². The molecule has 0 bridgehead atoms. The van der Waals surface area contributed by atoms with Gasteiger partial charge in [-0.25, -0.2) is 13.6 Å². The molecule has 2 heterocycles. The lowest BCUT2D eigenvalue weighted by Gasteiger charge is -2.23. The molecule has 2 unspecified atom stereocenters. The fourth-order valence-electron chi connectivity index (χ4n) is 2.44. The summed E-state index contributed by atoms with van der Waals surface area (Å²) in [5.41, 5.74) is 0.495. The molecule has 0 aliphatic carbocycles. The second kappa shape index (κ2) is 8.24. The van der Waals surface area contributed by atoms with Crippen molar-refractivity contribution < 1.29 is 13.3 Å². The Morgan fingerprint density at radius 2 is 2.38 bits per heavy atom. The number of benzene rings is 1. The van der Waals surface area contributed by atoms with Crippen LogP contribution in [0.25, 0.3) is 0 Å². The number of ether oxygens (including phenoxy) is 1. The highest BCUT2D eigenvalue weighted by Gasteiger charge is 2.17. The van der Waals surface area contributed by atoms with Crippen LogP contribution in [0.15, 0.2) is 28.6 Å². The van der Waals surface area contributed by atoms with Crippen LogP contribution in [0.4, 0.5) is 15.2 Å². The van der Waals surface area contributed by atoms with Gasteiger partial charge in [-0.05, 0) is 30.9 Å². The molecule has 0 spiro atoms. The van der Waals surface area contributed by atoms with Gasteiger partial charge in [0.1, 0.15) is 5.82 Å². The SMILES string of the molecule is O=S(Nc1nccs1)c1cc(Cl)c(NCC2CCCOC2)cc1F. The van der Waals surface area contributed by atoms with Gasteiger partial charge in [-0.2, -0.15) is 0 Å². The van der Waals surface area contributed by atoms with Crippen molar-refractivity contribution in [2.24, 2.45) is 5.92 Å². The first-order chi connectivity index (χ1) is 11.6. The Morgan fingerprint density at radius 3 is 3.08 bits per heavy atom. The fraction of sp³-hybridized carbons (Fsp3) is 0.400. The number of hydrogen-bond donors (Lipinski definition) is 2. The average Bonchev–Trinajstić information content (AvgIpc) is 3.09. The minimum absolute atomic E-state index is 0.00162. The lowest BCUT2D eigenvalue weighted by atomic mass is 10.0. The first-order valence-corrected chi connectivity index (χ1v) is 9.93. The summed E-state index contributed by atoms with van der Waals surface area (Å²) < 4.78 is 34.6. The van der Waals surface area contributed by atoms with Crippen molar-refractivity contribution in [3.63, 3.8) is 0 Å². The maximum absolute atomic E-state index is 14.3. The highest BCUT2D eigenvalue weighted by molar-refractivity contribution is 7.86. The van der Waals surface area contributed by atoms with Gasteiger partial charge in [0.15, 0.2) is 16.1 Å². The van der Waals surface area contributed by atoms with Crippen molar-refractivity contribution in [3.05, 3.63) is 34.5 Å². The third-order valence-electron chi connectivity index (χ3n) is 3.67. The summed E-state index contributed by atoms with van der Waals surface area (Å²) >= 11 is 7.50. The molecular weight excluding hydrogens is 373 g/mol. The first-order valence-electron chi connectivity index (χ1n) is 7.52. The zero-order valence-corrected chi connectivity index (χ0v) is 15.1. The van der Waals surface area contributed by atoms with Crippen LogP contribution < -0.4 is 10.0 Å². The van der Waals surface area contributed by atoms with Crippen LogP contribution in [0, 0.1) is 11.7 Å². The van der Waals surface area contributed by atoms with Crippen molar-refractivity contribution in [3.8, 4) is 0 Å². The molecule has 1 aromatic carbocycles. The topological polar surface area (TPSA) is 63.2 Å². The van der Waals surface area contributed by atoms with Crippen LogP contribution in [-0.4, -0.2) is 29.0 Å². The van der Waals surface area contributed by atoms with E-state index in [-0.39, 0.29) is 4.90 Å². The molecule has 1 aliphatic rings. The van der Waals surface area contributed by atoms with E-state index in [1.807, 2.05) is 0 Å². The minimum Gasteiger partial charge on any atom is -0.383 e. The quantitative estimate of drug-likeness (QED) is 0.786. The number of anilines is 2. The number of nitrogens with one attached hydrogen (secondary N) is 2. The van der Waals surface area contributed by atoms with Crippen LogP contribution in [0.1, 0.15) is 12.8 Å². The molecule has 0 radical (unpaired) electrons. The Hall–Kier alpha value is -1.22. The van der Waals surface area contributed by atoms with E-state index in [4.69, 9.17) is 16.3 Å². The van der Waals surface area contributed by atoms with Crippen LogP contribution in [0.5, 0.6) is 0 Å². The standard InChI is InChI=1S/C15H17ClFN3O2S2/c16-11-6-14(24(21)20-15-18-3-5-23-15)12(17)7-13(11)19-8-10-2-1-4-22-9-10/h3,5-7,10,19H,1-2,4,8-9H2,(H,18,20). The molecule has 2 atom stereocenters. The summed E-state index contributed by atoms with van der Waals surface area (Å²) in [6.07, 6.45) is 3.69. The van der Waals surface area contributed by atoms with Gasteiger partial charge in [0, 0.05) is 24.7 Å². The molecule has 1 saturated heterocycles. The summed E-state index contributed by atoms with van der Waals surface area (Å²) in [7, 11) is -1.76. The van der Waals surface area contributed by atoms with Crippen LogP contribution in [0.2, 0.25) is 5.02 Å². The zero-order chi connectivity index (χ0) is 16.9. The maximum Gasteiger partial charge on any atom is 0.194 e. The number of hydrogen-bond acceptors (Lipinski definition) is 5. The molecule has 2 N–H and O–H groups in total. The number of aromatic nitrogens is 1. The summed E-state index contributed by atoms with van der Waals surface area (Å²) in [6, 6.07) is 2.66. The van der Waals surface area contributed by atoms with E-state index in [0.717, 1.165) is 19.4 Å². The predicted molar refractivity (Wildman–Crippen MR) is 95.6 cm³/mol. The summed E-state index contributed by atoms with van der Waals surface area (Å²) in [4.78, 5) is 3.97. The van der Waals surface area contributed by atoms with Gasteiger partial charge in [0.05, 0.1) is 22.2 Å². The molecule has 0 amide bonds. The van der Waals surface area contributed by atoms with E-state index in [1.165, 1.54) is 23.5 Å². The van der Waals surface area contributed by atoms with Gasteiger partial charge in [-0.3, -0.25) is 4.72 Å². The Bertz CT molecular complexity index is 709. The van der Waals surface area contributed by atoms with E-state index < -0.39 is 16.8 Å². The minimum atomic E-state index is -1.76. The van der Waals surface area contributed by atoms with Gasteiger partial charge in [-0.15, -0.1) is 11.3 Å². The molecule has 3 rings (SSSR count). The smallest absolute Gasteiger partial charge is 0.194 e. The van der Waals surface area contributed by atoms with Gasteiger partial charge in [-0.1, -0.05) is 11.6 Å². The fourth-order valence-corrected chi connectivity index (χ4v) is 4.31. The molecule has 2 aromatic rings. The molecule has 130 valence electrons. The van der Waals surface area contributed by atoms with E-state index in [9.17, 15) is 8.60 Å². The van der Waals surface area contributed by atoms with E-state index in [2.05, 4.69) is 15.0 Å². The first kappa shape index (κ1) is 17.6. The van der Waals surface area contributed by atoms with Crippen molar-refractivity contribution in [1.29, 1.82) is 0 Å². The predicted octanol–water partition coefficient (Wildman–Crippen LogP) is 3.91. The lowest BCUT2D eigenvalue weighted by molar-refractivity contribution is 0.0595. The van der Waals surface area contributed by atoms with Crippen LogP contribution in [-0.2, 0) is 15.7 Å². The van der Waals surface area contributed by atoms with E-state index >= 15 is 0 Å². The number of rotatable bonds is 6. The Balaban J connectivity index is 1.67. The molecule has 1 aromatic heterocycles. The largest absolute Gasteiger partial charge is 0.383 e. The maximum atomic E-state index is 14.3. The normalized spacial score (nSPS) is 19.0. The summed E-state index contributed by atoms with van der Waals surface area (Å²) in [5.74, 6) is -0.192. The van der Waals surface area contributed by atoms with Crippen molar-refractivity contribution in [1.82, 2.24) is 4.98 Å². The highest BCUT2D eigenvalue weighted by Crippen LogP contribution is 2.28. The van der Waals surface area contributed by atoms with Crippen molar-refractivity contribution >= 4 is 44.7 Å². The Morgan fingerprint density at radius 1 is 1.50 bits per heavy atom. The molecular formula is C15H17ClFN3O2S2. The average molecular weight is 390 g/mol. The Kier molecular flexibility index (Phi) is 6.04. The van der Waals surface area contributed by atoms with E-state index in [1.54, 1.807) is 11.6 Å². The van der Waals surface area contributed by atoms with Crippen LogP contribution in [0.3, 0.4) is 0 Å². The lowest BCUT2D eigenvalue weighted by Crippen LogP contribution is -2.24. The molecule has 9 heteroatoms. The van der Waals surface area contributed by atoms with Gasteiger partial charge in [0.25, 0.3) is 0 Å². The van der Waals surface area contributed by atoms with Gasteiger partial charge in [0.2, 0.25) is 0 Å². The zero-order valence-electron chi connectivity index (χ0n) is 12.8. The third-order valence-corrected chi connectivity index (χ3v) is 5.89. The molecule has 0 saturated carbocycles. The second-order valence-electron chi connectivity index (χ2n) is 5.43. The second-order valence-corrected chi connectivity index (χ2v) is 7.92.